The zero-order valence-electron chi connectivity index (χ0n) is 8.81. The highest BCUT2D eigenvalue weighted by atomic mass is 35.5. The van der Waals surface area contributed by atoms with Gasteiger partial charge < -0.3 is 10.1 Å². The van der Waals surface area contributed by atoms with Crippen molar-refractivity contribution < 1.29 is 5.11 Å². The number of phenolic OH excluding ortho intramolecular Hbond substituents is 1. The Morgan fingerprint density at radius 2 is 1.94 bits per heavy atom. The second-order valence-corrected chi connectivity index (χ2v) is 4.18. The summed E-state index contributed by atoms with van der Waals surface area (Å²) < 4.78 is 0. The third-order valence-corrected chi connectivity index (χ3v) is 2.91. The highest BCUT2D eigenvalue weighted by Gasteiger charge is 2.06. The summed E-state index contributed by atoms with van der Waals surface area (Å²) in [4.78, 5) is 7.67. The zero-order valence-corrected chi connectivity index (χ0v) is 9.57. The van der Waals surface area contributed by atoms with Crippen molar-refractivity contribution in [1.29, 1.82) is 0 Å². The summed E-state index contributed by atoms with van der Waals surface area (Å²) in [6.07, 6.45) is 0. The quantitative estimate of drug-likeness (QED) is 0.687. The van der Waals surface area contributed by atoms with Crippen molar-refractivity contribution in [2.24, 2.45) is 0 Å². The number of hydrogen-bond donors (Lipinski definition) is 2. The Morgan fingerprint density at radius 1 is 1.12 bits per heavy atom. The number of fused-ring (bicyclic) bond motifs is 1. The second-order valence-electron chi connectivity index (χ2n) is 3.77. The number of rotatable bonds is 1. The van der Waals surface area contributed by atoms with E-state index in [0.717, 1.165) is 22.4 Å². The lowest BCUT2D eigenvalue weighted by Crippen LogP contribution is -1.80. The lowest BCUT2D eigenvalue weighted by Gasteiger charge is -1.99. The highest BCUT2D eigenvalue weighted by Crippen LogP contribution is 2.28. The maximum Gasteiger partial charge on any atom is 0.138 e. The number of aromatic hydroxyl groups is 1. The van der Waals surface area contributed by atoms with Crippen LogP contribution in [0.15, 0.2) is 42.5 Å². The third kappa shape index (κ3) is 1.74. The molecule has 0 spiro atoms. The Hall–Kier alpha value is -2.00. The first-order valence-corrected chi connectivity index (χ1v) is 5.55. The predicted octanol–water partition coefficient (Wildman–Crippen LogP) is 3.59. The van der Waals surface area contributed by atoms with Gasteiger partial charge in [0.05, 0.1) is 16.1 Å². The summed E-state index contributed by atoms with van der Waals surface area (Å²) >= 11 is 5.87. The van der Waals surface area contributed by atoms with Crippen molar-refractivity contribution in [2.45, 2.75) is 0 Å². The van der Waals surface area contributed by atoms with E-state index in [4.69, 9.17) is 11.6 Å². The van der Waals surface area contributed by atoms with E-state index in [1.165, 1.54) is 0 Å². The molecule has 3 aromatic rings. The lowest BCUT2D eigenvalue weighted by molar-refractivity contribution is 0.475. The summed E-state index contributed by atoms with van der Waals surface area (Å²) in [5.74, 6) is 0.819. The minimum atomic E-state index is 0.0755. The number of aromatic amines is 1. The minimum Gasteiger partial charge on any atom is -0.506 e. The molecule has 0 aliphatic heterocycles. The fraction of sp³-hybridized carbons (Fsp3) is 0. The van der Waals surface area contributed by atoms with E-state index in [1.54, 1.807) is 18.2 Å². The van der Waals surface area contributed by atoms with Gasteiger partial charge in [-0.1, -0.05) is 23.7 Å². The SMILES string of the molecule is Oc1ccc(-c2nc3ccccc3[nH]2)cc1Cl. The average Bonchev–Trinajstić information content (AvgIpc) is 2.76. The lowest BCUT2D eigenvalue weighted by atomic mass is 10.2. The molecule has 0 unspecified atom stereocenters. The Bertz CT molecular complexity index is 658. The number of phenols is 1. The van der Waals surface area contributed by atoms with E-state index in [2.05, 4.69) is 9.97 Å². The Morgan fingerprint density at radius 3 is 2.71 bits per heavy atom. The van der Waals surface area contributed by atoms with Gasteiger partial charge in [0.25, 0.3) is 0 Å². The largest absolute Gasteiger partial charge is 0.506 e. The summed E-state index contributed by atoms with van der Waals surface area (Å²) in [6.45, 7) is 0. The first-order valence-electron chi connectivity index (χ1n) is 5.18. The molecular formula is C13H9ClN2O. The van der Waals surface area contributed by atoms with Gasteiger partial charge in [-0.05, 0) is 30.3 Å². The number of imidazole rings is 1. The number of halogens is 1. The highest BCUT2D eigenvalue weighted by molar-refractivity contribution is 6.32. The van der Waals surface area contributed by atoms with Crippen LogP contribution in [0, 0.1) is 0 Å². The average molecular weight is 245 g/mol. The van der Waals surface area contributed by atoms with Gasteiger partial charge in [0.15, 0.2) is 0 Å². The zero-order chi connectivity index (χ0) is 11.8. The maximum absolute atomic E-state index is 9.37. The molecule has 0 radical (unpaired) electrons. The topological polar surface area (TPSA) is 48.9 Å². The van der Waals surface area contributed by atoms with Crippen molar-refractivity contribution in [1.82, 2.24) is 9.97 Å². The molecule has 0 saturated heterocycles. The normalized spacial score (nSPS) is 10.9. The van der Waals surface area contributed by atoms with Gasteiger partial charge in [0, 0.05) is 5.56 Å². The van der Waals surface area contributed by atoms with Crippen LogP contribution in [-0.2, 0) is 0 Å². The molecule has 2 N–H and O–H groups in total. The van der Waals surface area contributed by atoms with Crippen molar-refractivity contribution >= 4 is 22.6 Å². The molecule has 0 saturated carbocycles. The van der Waals surface area contributed by atoms with E-state index in [1.807, 2.05) is 24.3 Å². The molecule has 0 amide bonds. The van der Waals surface area contributed by atoms with Crippen LogP contribution >= 0.6 is 11.6 Å². The van der Waals surface area contributed by atoms with Crippen molar-refractivity contribution in [2.75, 3.05) is 0 Å². The number of nitrogens with one attached hydrogen (secondary N) is 1. The fourth-order valence-corrected chi connectivity index (χ4v) is 1.92. The minimum absolute atomic E-state index is 0.0755. The molecule has 0 aliphatic rings. The fourth-order valence-electron chi connectivity index (χ4n) is 1.74. The standard InChI is InChI=1S/C13H9ClN2O/c14-9-7-8(5-6-12(9)17)13-15-10-3-1-2-4-11(10)16-13/h1-7,17H,(H,15,16). The predicted molar refractivity (Wildman–Crippen MR) is 68.2 cm³/mol. The van der Waals surface area contributed by atoms with Gasteiger partial charge in [0.1, 0.15) is 11.6 Å². The Kier molecular flexibility index (Phi) is 2.27. The van der Waals surface area contributed by atoms with Crippen LogP contribution in [0.2, 0.25) is 5.02 Å². The number of para-hydroxylation sites is 2. The van der Waals surface area contributed by atoms with Gasteiger partial charge in [-0.3, -0.25) is 0 Å². The molecule has 3 nitrogen and oxygen atoms in total. The van der Waals surface area contributed by atoms with Crippen LogP contribution in [0.1, 0.15) is 0 Å². The molecule has 2 aromatic carbocycles. The molecule has 17 heavy (non-hydrogen) atoms. The van der Waals surface area contributed by atoms with Crippen LogP contribution in [0.5, 0.6) is 5.75 Å². The van der Waals surface area contributed by atoms with Crippen LogP contribution in [0.25, 0.3) is 22.4 Å². The van der Waals surface area contributed by atoms with E-state index >= 15 is 0 Å². The molecule has 0 aliphatic carbocycles. The van der Waals surface area contributed by atoms with Crippen molar-refractivity contribution in [3.8, 4) is 17.1 Å². The number of nitrogens with zero attached hydrogens (tertiary/aromatic N) is 1. The van der Waals surface area contributed by atoms with Crippen LogP contribution in [0.4, 0.5) is 0 Å². The smallest absolute Gasteiger partial charge is 0.138 e. The van der Waals surface area contributed by atoms with Crippen molar-refractivity contribution in [3.05, 3.63) is 47.5 Å². The number of aromatic nitrogens is 2. The second kappa shape index (κ2) is 3.79. The Labute approximate surface area is 103 Å². The summed E-state index contributed by atoms with van der Waals surface area (Å²) in [5, 5.41) is 9.69. The third-order valence-electron chi connectivity index (χ3n) is 2.61. The number of hydrogen-bond acceptors (Lipinski definition) is 2. The Balaban J connectivity index is 2.17. The molecule has 4 heteroatoms. The first kappa shape index (κ1) is 10.2. The molecule has 0 fully saturated rings. The molecular weight excluding hydrogens is 236 g/mol. The van der Waals surface area contributed by atoms with Gasteiger partial charge >= 0.3 is 0 Å². The maximum atomic E-state index is 9.37. The van der Waals surface area contributed by atoms with E-state index in [-0.39, 0.29) is 5.75 Å². The summed E-state index contributed by atoms with van der Waals surface area (Å²) in [5.41, 5.74) is 2.74. The molecule has 1 aromatic heterocycles. The van der Waals surface area contributed by atoms with Gasteiger partial charge in [-0.15, -0.1) is 0 Å². The van der Waals surface area contributed by atoms with E-state index < -0.39 is 0 Å². The first-order chi connectivity index (χ1) is 8.24. The molecule has 84 valence electrons. The van der Waals surface area contributed by atoms with Gasteiger partial charge in [-0.25, -0.2) is 4.98 Å². The van der Waals surface area contributed by atoms with Crippen LogP contribution in [-0.4, -0.2) is 15.1 Å². The molecule has 0 atom stereocenters. The monoisotopic (exact) mass is 244 g/mol. The summed E-state index contributed by atoms with van der Waals surface area (Å²) in [7, 11) is 0. The molecule has 3 rings (SSSR count). The molecule has 1 heterocycles. The van der Waals surface area contributed by atoms with Gasteiger partial charge in [0.2, 0.25) is 0 Å². The van der Waals surface area contributed by atoms with Gasteiger partial charge in [-0.2, -0.15) is 0 Å². The van der Waals surface area contributed by atoms with Crippen LogP contribution < -0.4 is 0 Å². The van der Waals surface area contributed by atoms with Crippen LogP contribution in [0.3, 0.4) is 0 Å². The molecule has 0 bridgehead atoms. The van der Waals surface area contributed by atoms with E-state index in [9.17, 15) is 5.11 Å². The van der Waals surface area contributed by atoms with Crippen molar-refractivity contribution in [3.63, 3.8) is 0 Å². The number of benzene rings is 2. The number of H-pyrrole nitrogens is 1. The van der Waals surface area contributed by atoms with E-state index in [0.29, 0.717) is 5.02 Å². The summed E-state index contributed by atoms with van der Waals surface area (Å²) in [6, 6.07) is 12.8.